The van der Waals surface area contributed by atoms with Crippen molar-refractivity contribution in [3.05, 3.63) is 39.9 Å². The van der Waals surface area contributed by atoms with E-state index in [2.05, 4.69) is 25.7 Å². The standard InChI is InChI=1S/C10H8N6O3/c17-10(9-11-6-13-14-9)15-12-5-7-2-1-3-8(4-7)16(18)19/h1-5H,6H2,(H,15,17)/b12-5+. The largest absolute Gasteiger partial charge is 0.310 e. The first-order valence-corrected chi connectivity index (χ1v) is 5.16. The quantitative estimate of drug-likeness (QED) is 0.490. The van der Waals surface area contributed by atoms with E-state index in [9.17, 15) is 14.9 Å². The molecule has 0 fully saturated rings. The van der Waals surface area contributed by atoms with E-state index in [-0.39, 0.29) is 18.2 Å². The minimum Gasteiger partial charge on any atom is -0.264 e. The third-order valence-corrected chi connectivity index (χ3v) is 2.11. The molecule has 1 heterocycles. The van der Waals surface area contributed by atoms with Crippen LogP contribution in [0.4, 0.5) is 5.69 Å². The Bertz CT molecular complexity index is 607. The van der Waals surface area contributed by atoms with Crippen LogP contribution in [0, 0.1) is 10.1 Å². The van der Waals surface area contributed by atoms with Gasteiger partial charge in [0.05, 0.1) is 11.1 Å². The number of hydrogen-bond acceptors (Lipinski definition) is 7. The number of amidine groups is 1. The minimum absolute atomic E-state index is 0.0452. The van der Waals surface area contributed by atoms with Crippen molar-refractivity contribution in [2.45, 2.75) is 0 Å². The van der Waals surface area contributed by atoms with Gasteiger partial charge < -0.3 is 0 Å². The van der Waals surface area contributed by atoms with Gasteiger partial charge >= 0.3 is 5.91 Å². The van der Waals surface area contributed by atoms with Gasteiger partial charge in [0.2, 0.25) is 5.84 Å². The van der Waals surface area contributed by atoms with Crippen LogP contribution in [0.5, 0.6) is 0 Å². The molecule has 1 N–H and O–H groups in total. The molecule has 0 aromatic heterocycles. The zero-order chi connectivity index (χ0) is 13.7. The van der Waals surface area contributed by atoms with E-state index in [0.29, 0.717) is 5.56 Å². The van der Waals surface area contributed by atoms with Gasteiger partial charge in [-0.3, -0.25) is 14.9 Å². The van der Waals surface area contributed by atoms with Crippen molar-refractivity contribution in [3.8, 4) is 0 Å². The molecule has 0 saturated heterocycles. The Morgan fingerprint density at radius 2 is 2.37 bits per heavy atom. The average Bonchev–Trinajstić information content (AvgIpc) is 2.93. The summed E-state index contributed by atoms with van der Waals surface area (Å²) >= 11 is 0. The number of benzene rings is 1. The molecule has 0 aliphatic carbocycles. The molecule has 0 bridgehead atoms. The Labute approximate surface area is 106 Å². The highest BCUT2D eigenvalue weighted by Crippen LogP contribution is 2.11. The molecule has 0 saturated carbocycles. The van der Waals surface area contributed by atoms with Crippen LogP contribution in [0.15, 0.2) is 44.6 Å². The molecule has 1 aliphatic rings. The first-order chi connectivity index (χ1) is 9.16. The maximum absolute atomic E-state index is 11.4. The summed E-state index contributed by atoms with van der Waals surface area (Å²) in [6.45, 7) is 0.136. The Balaban J connectivity index is 1.99. The Kier molecular flexibility index (Phi) is 3.67. The van der Waals surface area contributed by atoms with E-state index in [0.717, 1.165) is 0 Å². The smallest absolute Gasteiger partial charge is 0.264 e. The number of hydrogen-bond donors (Lipinski definition) is 1. The van der Waals surface area contributed by atoms with Crippen LogP contribution in [0.25, 0.3) is 0 Å². The summed E-state index contributed by atoms with van der Waals surface area (Å²) in [5.41, 5.74) is 2.64. The topological polar surface area (TPSA) is 122 Å². The van der Waals surface area contributed by atoms with Crippen molar-refractivity contribution in [2.24, 2.45) is 20.3 Å². The van der Waals surface area contributed by atoms with Crippen LogP contribution in [0.3, 0.4) is 0 Å². The van der Waals surface area contributed by atoms with Gasteiger partial charge in [-0.15, -0.1) is 5.11 Å². The number of non-ortho nitro benzene ring substituents is 1. The molecule has 19 heavy (non-hydrogen) atoms. The van der Waals surface area contributed by atoms with Gasteiger partial charge in [0.25, 0.3) is 5.69 Å². The zero-order valence-electron chi connectivity index (χ0n) is 9.55. The number of azo groups is 1. The maximum atomic E-state index is 11.4. The number of hydrazone groups is 1. The molecule has 0 unspecified atom stereocenters. The summed E-state index contributed by atoms with van der Waals surface area (Å²) in [4.78, 5) is 25.2. The molecule has 1 aromatic carbocycles. The van der Waals surface area contributed by atoms with Crippen LogP contribution < -0.4 is 5.43 Å². The minimum atomic E-state index is -0.581. The van der Waals surface area contributed by atoms with Gasteiger partial charge in [-0.05, 0) is 0 Å². The third kappa shape index (κ3) is 3.25. The number of carbonyl (C=O) groups excluding carboxylic acids is 1. The van der Waals surface area contributed by atoms with Crippen LogP contribution in [0.1, 0.15) is 5.56 Å². The molecule has 0 spiro atoms. The highest BCUT2D eigenvalue weighted by Gasteiger charge is 2.12. The molecule has 96 valence electrons. The molecule has 9 heteroatoms. The summed E-state index contributed by atoms with van der Waals surface area (Å²) in [5.74, 6) is -0.626. The number of nitro groups is 1. The van der Waals surface area contributed by atoms with Gasteiger partial charge in [0.1, 0.15) is 0 Å². The number of nitro benzene ring substituents is 1. The second kappa shape index (κ2) is 5.58. The van der Waals surface area contributed by atoms with Crippen LogP contribution in [0.2, 0.25) is 0 Å². The monoisotopic (exact) mass is 260 g/mol. The molecular formula is C10H8N6O3. The second-order valence-corrected chi connectivity index (χ2v) is 3.42. The van der Waals surface area contributed by atoms with Crippen molar-refractivity contribution >= 4 is 23.6 Å². The van der Waals surface area contributed by atoms with Gasteiger partial charge in [0.15, 0.2) is 6.67 Å². The van der Waals surface area contributed by atoms with E-state index in [1.807, 2.05) is 0 Å². The fourth-order valence-corrected chi connectivity index (χ4v) is 1.28. The Morgan fingerprint density at radius 1 is 1.53 bits per heavy atom. The maximum Gasteiger partial charge on any atom is 0.310 e. The molecule has 0 radical (unpaired) electrons. The zero-order valence-corrected chi connectivity index (χ0v) is 9.55. The summed E-state index contributed by atoms with van der Waals surface area (Å²) in [6.07, 6.45) is 1.29. The molecule has 1 amide bonds. The summed E-state index contributed by atoms with van der Waals surface area (Å²) in [6, 6.07) is 5.85. The van der Waals surface area contributed by atoms with Crippen molar-refractivity contribution < 1.29 is 9.72 Å². The van der Waals surface area contributed by atoms with E-state index in [1.54, 1.807) is 6.07 Å². The highest BCUT2D eigenvalue weighted by atomic mass is 16.6. The molecule has 1 aromatic rings. The normalized spacial score (nSPS) is 13.6. The summed E-state index contributed by atoms with van der Waals surface area (Å²) in [7, 11) is 0. The number of carbonyl (C=O) groups is 1. The van der Waals surface area contributed by atoms with Crippen LogP contribution in [-0.4, -0.2) is 29.5 Å². The van der Waals surface area contributed by atoms with Gasteiger partial charge in [-0.2, -0.15) is 10.2 Å². The Morgan fingerprint density at radius 3 is 3.05 bits per heavy atom. The second-order valence-electron chi connectivity index (χ2n) is 3.42. The van der Waals surface area contributed by atoms with Crippen molar-refractivity contribution in [2.75, 3.05) is 6.67 Å². The van der Waals surface area contributed by atoms with Crippen molar-refractivity contribution in [1.82, 2.24) is 5.43 Å². The average molecular weight is 260 g/mol. The molecular weight excluding hydrogens is 252 g/mol. The van der Waals surface area contributed by atoms with E-state index in [1.165, 1.54) is 24.4 Å². The van der Waals surface area contributed by atoms with Gasteiger partial charge in [-0.25, -0.2) is 10.4 Å². The third-order valence-electron chi connectivity index (χ3n) is 2.11. The molecule has 0 atom stereocenters. The molecule has 1 aliphatic heterocycles. The number of amides is 1. The lowest BCUT2D eigenvalue weighted by Gasteiger charge is -1.96. The predicted octanol–water partition coefficient (Wildman–Crippen LogP) is 0.867. The van der Waals surface area contributed by atoms with Crippen molar-refractivity contribution in [3.63, 3.8) is 0 Å². The fourth-order valence-electron chi connectivity index (χ4n) is 1.28. The van der Waals surface area contributed by atoms with Gasteiger partial charge in [0, 0.05) is 17.7 Å². The van der Waals surface area contributed by atoms with E-state index >= 15 is 0 Å². The predicted molar refractivity (Wildman–Crippen MR) is 66.0 cm³/mol. The number of aliphatic imine (C=N–C) groups is 1. The van der Waals surface area contributed by atoms with Crippen LogP contribution >= 0.6 is 0 Å². The number of rotatable bonds is 4. The van der Waals surface area contributed by atoms with Gasteiger partial charge in [-0.1, -0.05) is 12.1 Å². The Hall–Kier alpha value is -2.97. The molecule has 9 nitrogen and oxygen atoms in total. The molecule has 2 rings (SSSR count). The van der Waals surface area contributed by atoms with Crippen LogP contribution in [-0.2, 0) is 4.79 Å². The lowest BCUT2D eigenvalue weighted by Crippen LogP contribution is -2.24. The first-order valence-electron chi connectivity index (χ1n) is 5.16. The van der Waals surface area contributed by atoms with E-state index in [4.69, 9.17) is 0 Å². The summed E-state index contributed by atoms with van der Waals surface area (Å²) in [5, 5.41) is 21.2. The first kappa shape index (κ1) is 12.5. The number of nitrogens with one attached hydrogen (secondary N) is 1. The van der Waals surface area contributed by atoms with Crippen molar-refractivity contribution in [1.29, 1.82) is 0 Å². The number of nitrogens with zero attached hydrogens (tertiary/aromatic N) is 5. The van der Waals surface area contributed by atoms with E-state index < -0.39 is 10.8 Å². The fraction of sp³-hybridized carbons (Fsp3) is 0.100. The summed E-state index contributed by atoms with van der Waals surface area (Å²) < 4.78 is 0. The lowest BCUT2D eigenvalue weighted by atomic mass is 10.2. The lowest BCUT2D eigenvalue weighted by molar-refractivity contribution is -0.384. The highest BCUT2D eigenvalue weighted by molar-refractivity contribution is 6.38. The SMILES string of the molecule is O=C(N/N=C/c1cccc([N+](=O)[O-])c1)C1=NCN=N1.